The second-order valence-electron chi connectivity index (χ2n) is 3.75. The van der Waals surface area contributed by atoms with Crippen molar-refractivity contribution in [3.63, 3.8) is 0 Å². The lowest BCUT2D eigenvalue weighted by molar-refractivity contribution is 0.126. The Kier molecular flexibility index (Phi) is 4.42. The highest BCUT2D eigenvalue weighted by molar-refractivity contribution is 9.10. The van der Waals surface area contributed by atoms with E-state index in [2.05, 4.69) is 15.9 Å². The third-order valence-corrected chi connectivity index (χ3v) is 3.06. The molecule has 0 bridgehead atoms. The lowest BCUT2D eigenvalue weighted by Gasteiger charge is -2.15. The summed E-state index contributed by atoms with van der Waals surface area (Å²) in [5.74, 6) is 0.259. The maximum absolute atomic E-state index is 9.70. The Morgan fingerprint density at radius 1 is 1.43 bits per heavy atom. The number of aliphatic hydroxyl groups excluding tert-OH is 1. The van der Waals surface area contributed by atoms with Gasteiger partial charge in [0.1, 0.15) is 0 Å². The van der Waals surface area contributed by atoms with E-state index in [1.807, 2.05) is 32.0 Å². The van der Waals surface area contributed by atoms with E-state index in [1.165, 1.54) is 0 Å². The number of hydrogen-bond acceptors (Lipinski definition) is 1. The van der Waals surface area contributed by atoms with Crippen LogP contribution in [-0.2, 0) is 6.42 Å². The van der Waals surface area contributed by atoms with Gasteiger partial charge in [-0.05, 0) is 23.6 Å². The fourth-order valence-corrected chi connectivity index (χ4v) is 1.90. The molecule has 1 aromatic rings. The second-order valence-corrected chi connectivity index (χ2v) is 5.07. The number of rotatable bonds is 3. The minimum Gasteiger partial charge on any atom is -0.393 e. The smallest absolute Gasteiger partial charge is 0.0603 e. The highest BCUT2D eigenvalue weighted by atomic mass is 79.9. The van der Waals surface area contributed by atoms with E-state index >= 15 is 0 Å². The standard InChI is InChI=1S/C11H14BrClO/c1-7(2)11(14)5-8-3-4-9(12)6-10(8)13/h3-4,6-7,11,14H,5H2,1-2H3. The average molecular weight is 278 g/mol. The van der Waals surface area contributed by atoms with Crippen LogP contribution in [0.1, 0.15) is 19.4 Å². The molecular weight excluding hydrogens is 263 g/mol. The van der Waals surface area contributed by atoms with Crippen molar-refractivity contribution in [1.82, 2.24) is 0 Å². The lowest BCUT2D eigenvalue weighted by Crippen LogP contribution is -2.17. The summed E-state index contributed by atoms with van der Waals surface area (Å²) in [6.07, 6.45) is 0.290. The zero-order chi connectivity index (χ0) is 10.7. The van der Waals surface area contributed by atoms with Crippen LogP contribution in [0.4, 0.5) is 0 Å². The van der Waals surface area contributed by atoms with Gasteiger partial charge in [-0.15, -0.1) is 0 Å². The fraction of sp³-hybridized carbons (Fsp3) is 0.455. The van der Waals surface area contributed by atoms with Crippen LogP contribution in [-0.4, -0.2) is 11.2 Å². The molecule has 78 valence electrons. The molecule has 0 saturated heterocycles. The maximum atomic E-state index is 9.70. The Bertz CT molecular complexity index is 312. The van der Waals surface area contributed by atoms with Gasteiger partial charge in [0.05, 0.1) is 6.10 Å². The Hall–Kier alpha value is -0.0500. The van der Waals surface area contributed by atoms with Crippen LogP contribution in [0.15, 0.2) is 22.7 Å². The largest absolute Gasteiger partial charge is 0.393 e. The molecule has 0 saturated carbocycles. The molecule has 0 heterocycles. The summed E-state index contributed by atoms with van der Waals surface area (Å²) >= 11 is 9.38. The van der Waals surface area contributed by atoms with Crippen molar-refractivity contribution < 1.29 is 5.11 Å². The van der Waals surface area contributed by atoms with Crippen LogP contribution >= 0.6 is 27.5 Å². The average Bonchev–Trinajstić information content (AvgIpc) is 2.09. The first-order valence-electron chi connectivity index (χ1n) is 4.62. The van der Waals surface area contributed by atoms with Crippen LogP contribution in [0.3, 0.4) is 0 Å². The zero-order valence-corrected chi connectivity index (χ0v) is 10.6. The van der Waals surface area contributed by atoms with Gasteiger partial charge in [-0.25, -0.2) is 0 Å². The highest BCUT2D eigenvalue weighted by Gasteiger charge is 2.11. The molecule has 14 heavy (non-hydrogen) atoms. The molecule has 1 rings (SSSR count). The van der Waals surface area contributed by atoms with Gasteiger partial charge in [0.2, 0.25) is 0 Å². The van der Waals surface area contributed by atoms with Gasteiger partial charge in [-0.1, -0.05) is 47.4 Å². The molecule has 1 atom stereocenters. The summed E-state index contributed by atoms with van der Waals surface area (Å²) in [7, 11) is 0. The molecule has 1 N–H and O–H groups in total. The van der Waals surface area contributed by atoms with Crippen molar-refractivity contribution in [1.29, 1.82) is 0 Å². The molecular formula is C11H14BrClO. The van der Waals surface area contributed by atoms with Crippen molar-refractivity contribution in [2.75, 3.05) is 0 Å². The first kappa shape index (κ1) is 12.0. The molecule has 1 unspecified atom stereocenters. The number of halogens is 2. The molecule has 3 heteroatoms. The molecule has 0 aliphatic rings. The quantitative estimate of drug-likeness (QED) is 0.894. The van der Waals surface area contributed by atoms with Crippen LogP contribution in [0.25, 0.3) is 0 Å². The van der Waals surface area contributed by atoms with Crippen molar-refractivity contribution in [3.05, 3.63) is 33.3 Å². The number of hydrogen-bond donors (Lipinski definition) is 1. The maximum Gasteiger partial charge on any atom is 0.0603 e. The van der Waals surface area contributed by atoms with Crippen LogP contribution < -0.4 is 0 Å². The Balaban J connectivity index is 2.77. The van der Waals surface area contributed by atoms with Crippen LogP contribution in [0.5, 0.6) is 0 Å². The summed E-state index contributed by atoms with van der Waals surface area (Å²) in [6, 6.07) is 5.73. The first-order chi connectivity index (χ1) is 6.50. The Morgan fingerprint density at radius 3 is 2.57 bits per heavy atom. The van der Waals surface area contributed by atoms with E-state index in [-0.39, 0.29) is 12.0 Å². The summed E-state index contributed by atoms with van der Waals surface area (Å²) in [4.78, 5) is 0. The van der Waals surface area contributed by atoms with E-state index in [1.54, 1.807) is 0 Å². The summed E-state index contributed by atoms with van der Waals surface area (Å²) in [6.45, 7) is 3.99. The lowest BCUT2D eigenvalue weighted by atomic mass is 9.99. The molecule has 0 fully saturated rings. The zero-order valence-electron chi connectivity index (χ0n) is 8.30. The van der Waals surface area contributed by atoms with E-state index in [0.717, 1.165) is 10.0 Å². The predicted octanol–water partition coefficient (Wildman–Crippen LogP) is 3.66. The van der Waals surface area contributed by atoms with Gasteiger partial charge in [0, 0.05) is 15.9 Å². The van der Waals surface area contributed by atoms with Gasteiger partial charge in [0.25, 0.3) is 0 Å². The van der Waals surface area contributed by atoms with Crippen LogP contribution in [0, 0.1) is 5.92 Å². The Labute approximate surface area is 98.2 Å². The molecule has 0 spiro atoms. The van der Waals surface area contributed by atoms with E-state index in [9.17, 15) is 5.11 Å². The van der Waals surface area contributed by atoms with Crippen molar-refractivity contribution in [2.24, 2.45) is 5.92 Å². The molecule has 0 amide bonds. The van der Waals surface area contributed by atoms with E-state index in [4.69, 9.17) is 11.6 Å². The molecule has 1 aromatic carbocycles. The van der Waals surface area contributed by atoms with Gasteiger partial charge in [-0.2, -0.15) is 0 Å². The molecule has 1 nitrogen and oxygen atoms in total. The summed E-state index contributed by atoms with van der Waals surface area (Å²) in [5, 5.41) is 10.4. The Morgan fingerprint density at radius 2 is 2.07 bits per heavy atom. The summed E-state index contributed by atoms with van der Waals surface area (Å²) < 4.78 is 0.963. The topological polar surface area (TPSA) is 20.2 Å². The predicted molar refractivity (Wildman–Crippen MR) is 63.7 cm³/mol. The van der Waals surface area contributed by atoms with Crippen molar-refractivity contribution >= 4 is 27.5 Å². The minimum atomic E-state index is -0.325. The van der Waals surface area contributed by atoms with Crippen molar-refractivity contribution in [2.45, 2.75) is 26.4 Å². The molecule has 0 aliphatic heterocycles. The normalized spacial score (nSPS) is 13.3. The summed E-state index contributed by atoms with van der Waals surface area (Å²) in [5.41, 5.74) is 0.996. The monoisotopic (exact) mass is 276 g/mol. The second kappa shape index (κ2) is 5.15. The SMILES string of the molecule is CC(C)C(O)Cc1ccc(Br)cc1Cl. The molecule has 0 aromatic heterocycles. The molecule has 0 radical (unpaired) electrons. The minimum absolute atomic E-state index is 0.259. The highest BCUT2D eigenvalue weighted by Crippen LogP contribution is 2.23. The van der Waals surface area contributed by atoms with Gasteiger partial charge in [0.15, 0.2) is 0 Å². The van der Waals surface area contributed by atoms with Crippen LogP contribution in [0.2, 0.25) is 5.02 Å². The first-order valence-corrected chi connectivity index (χ1v) is 5.79. The third kappa shape index (κ3) is 3.26. The van der Waals surface area contributed by atoms with Crippen molar-refractivity contribution in [3.8, 4) is 0 Å². The number of aliphatic hydroxyl groups is 1. The van der Waals surface area contributed by atoms with E-state index in [0.29, 0.717) is 11.4 Å². The van der Waals surface area contributed by atoms with Gasteiger partial charge >= 0.3 is 0 Å². The number of benzene rings is 1. The van der Waals surface area contributed by atoms with E-state index < -0.39 is 0 Å². The van der Waals surface area contributed by atoms with Gasteiger partial charge in [-0.3, -0.25) is 0 Å². The third-order valence-electron chi connectivity index (χ3n) is 2.21. The van der Waals surface area contributed by atoms with Gasteiger partial charge < -0.3 is 5.11 Å². The molecule has 0 aliphatic carbocycles. The fourth-order valence-electron chi connectivity index (χ4n) is 1.15.